The molecule has 0 aromatic heterocycles. The molecule has 27 heavy (non-hydrogen) atoms. The summed E-state index contributed by atoms with van der Waals surface area (Å²) in [5.41, 5.74) is 3.38. The van der Waals surface area contributed by atoms with E-state index in [-0.39, 0.29) is 23.0 Å². The van der Waals surface area contributed by atoms with E-state index >= 15 is 0 Å². The zero-order valence-corrected chi connectivity index (χ0v) is 17.8. The maximum atomic E-state index is 14.7. The van der Waals surface area contributed by atoms with Gasteiger partial charge < -0.3 is 9.47 Å². The highest BCUT2D eigenvalue weighted by Crippen LogP contribution is 2.48. The second kappa shape index (κ2) is 8.04. The molecule has 0 fully saturated rings. The Morgan fingerprint density at radius 2 is 1.63 bits per heavy atom. The summed E-state index contributed by atoms with van der Waals surface area (Å²) in [6, 6.07) is 4.08. The first-order valence-corrected chi connectivity index (χ1v) is 9.90. The van der Waals surface area contributed by atoms with E-state index in [4.69, 9.17) is 9.47 Å². The molecule has 150 valence electrons. The topological polar surface area (TPSA) is 35.5 Å². The van der Waals surface area contributed by atoms with Gasteiger partial charge in [-0.1, -0.05) is 34.6 Å². The Kier molecular flexibility index (Phi) is 6.39. The Labute approximate surface area is 162 Å². The van der Waals surface area contributed by atoms with Gasteiger partial charge in [0.2, 0.25) is 5.83 Å². The van der Waals surface area contributed by atoms with Crippen molar-refractivity contribution in [2.75, 3.05) is 13.2 Å². The van der Waals surface area contributed by atoms with Crippen LogP contribution >= 0.6 is 0 Å². The normalized spacial score (nSPS) is 18.4. The van der Waals surface area contributed by atoms with Crippen molar-refractivity contribution in [1.29, 1.82) is 0 Å². The average molecular weight is 377 g/mol. The van der Waals surface area contributed by atoms with Crippen LogP contribution in [0.25, 0.3) is 5.57 Å². The highest BCUT2D eigenvalue weighted by Gasteiger charge is 2.38. The van der Waals surface area contributed by atoms with Gasteiger partial charge >= 0.3 is 5.97 Å². The number of rotatable bonds is 6. The third kappa shape index (κ3) is 4.36. The van der Waals surface area contributed by atoms with Crippen LogP contribution in [0.1, 0.15) is 84.4 Å². The highest BCUT2D eigenvalue weighted by atomic mass is 19.1. The summed E-state index contributed by atoms with van der Waals surface area (Å²) < 4.78 is 25.5. The van der Waals surface area contributed by atoms with Gasteiger partial charge in [0, 0.05) is 11.1 Å². The van der Waals surface area contributed by atoms with E-state index in [1.807, 2.05) is 13.0 Å². The van der Waals surface area contributed by atoms with Gasteiger partial charge in [0.25, 0.3) is 0 Å². The fourth-order valence-corrected chi connectivity index (χ4v) is 3.68. The molecule has 0 N–H and O–H groups in total. The number of benzene rings is 1. The van der Waals surface area contributed by atoms with E-state index in [0.29, 0.717) is 17.9 Å². The monoisotopic (exact) mass is 376 g/mol. The van der Waals surface area contributed by atoms with E-state index in [2.05, 4.69) is 33.8 Å². The number of ether oxygens (including phenoxy) is 2. The van der Waals surface area contributed by atoms with Gasteiger partial charge in [0.05, 0.1) is 13.2 Å². The summed E-state index contributed by atoms with van der Waals surface area (Å²) in [7, 11) is 0. The molecule has 1 aromatic carbocycles. The van der Waals surface area contributed by atoms with Gasteiger partial charge in [0.1, 0.15) is 5.75 Å². The maximum Gasteiger partial charge on any atom is 0.367 e. The van der Waals surface area contributed by atoms with Crippen molar-refractivity contribution in [3.63, 3.8) is 0 Å². The summed E-state index contributed by atoms with van der Waals surface area (Å²) in [5, 5.41) is 0. The fraction of sp³-hybridized carbons (Fsp3) is 0.609. The second-order valence-corrected chi connectivity index (χ2v) is 8.67. The van der Waals surface area contributed by atoms with Gasteiger partial charge in [-0.2, -0.15) is 4.39 Å². The Balaban J connectivity index is 2.69. The van der Waals surface area contributed by atoms with Gasteiger partial charge in [-0.25, -0.2) is 4.79 Å². The number of allylic oxidation sites excluding steroid dienone is 1. The number of hydrogen-bond donors (Lipinski definition) is 0. The lowest BCUT2D eigenvalue weighted by molar-refractivity contribution is -0.140. The van der Waals surface area contributed by atoms with Gasteiger partial charge in [-0.3, -0.25) is 0 Å². The summed E-state index contributed by atoms with van der Waals surface area (Å²) in [4.78, 5) is 11.9. The zero-order valence-electron chi connectivity index (χ0n) is 17.8. The zero-order chi connectivity index (χ0) is 20.4. The van der Waals surface area contributed by atoms with E-state index in [1.54, 1.807) is 13.8 Å². The van der Waals surface area contributed by atoms with E-state index in [1.165, 1.54) is 11.1 Å². The maximum absolute atomic E-state index is 14.7. The van der Waals surface area contributed by atoms with Crippen LogP contribution in [0.5, 0.6) is 5.75 Å². The lowest BCUT2D eigenvalue weighted by atomic mass is 9.62. The lowest BCUT2D eigenvalue weighted by Crippen LogP contribution is -2.34. The molecule has 4 heteroatoms. The van der Waals surface area contributed by atoms with Crippen molar-refractivity contribution in [1.82, 2.24) is 0 Å². The van der Waals surface area contributed by atoms with Crippen molar-refractivity contribution in [3.8, 4) is 5.75 Å². The second-order valence-electron chi connectivity index (χ2n) is 8.67. The quantitative estimate of drug-likeness (QED) is 0.445. The van der Waals surface area contributed by atoms with Crippen LogP contribution in [0.2, 0.25) is 0 Å². The van der Waals surface area contributed by atoms with Crippen LogP contribution in [0.15, 0.2) is 18.0 Å². The van der Waals surface area contributed by atoms with Crippen molar-refractivity contribution >= 4 is 11.5 Å². The molecule has 0 radical (unpaired) electrons. The minimum atomic E-state index is -0.922. The SMILES string of the molecule is CCCOc1cc2c(cc1/C(C)=C(/F)C(=O)OCC)C(C)(C)CCC2(C)C. The van der Waals surface area contributed by atoms with Crippen LogP contribution in [-0.4, -0.2) is 19.2 Å². The molecule has 1 aromatic rings. The Hall–Kier alpha value is -1.84. The van der Waals surface area contributed by atoms with Gasteiger partial charge in [0.15, 0.2) is 0 Å². The minimum Gasteiger partial charge on any atom is -0.493 e. The number of hydrogen-bond acceptors (Lipinski definition) is 3. The van der Waals surface area contributed by atoms with Gasteiger partial charge in [-0.05, 0) is 67.2 Å². The largest absolute Gasteiger partial charge is 0.493 e. The summed E-state index contributed by atoms with van der Waals surface area (Å²) in [6.07, 6.45) is 3.00. The smallest absolute Gasteiger partial charge is 0.367 e. The van der Waals surface area contributed by atoms with Crippen LogP contribution in [0.3, 0.4) is 0 Å². The number of halogens is 1. The standard InChI is InChI=1S/C23H33FO3/c1-8-12-27-19-14-18-17(22(4,5)10-11-23(18,6)7)13-16(19)15(3)20(24)21(25)26-9-2/h13-14H,8-12H2,1-7H3/b20-15+. The van der Waals surface area contributed by atoms with Gasteiger partial charge in [-0.15, -0.1) is 0 Å². The van der Waals surface area contributed by atoms with Crippen LogP contribution < -0.4 is 4.74 Å². The first kappa shape index (κ1) is 21.5. The third-order valence-corrected chi connectivity index (χ3v) is 5.60. The van der Waals surface area contributed by atoms with E-state index < -0.39 is 11.8 Å². The Morgan fingerprint density at radius 3 is 2.15 bits per heavy atom. The molecule has 1 aliphatic rings. The molecule has 0 bridgehead atoms. The third-order valence-electron chi connectivity index (χ3n) is 5.60. The van der Waals surface area contributed by atoms with E-state index in [0.717, 1.165) is 19.3 Å². The number of carbonyl (C=O) groups is 1. The van der Waals surface area contributed by atoms with Crippen LogP contribution in [0, 0.1) is 0 Å². The van der Waals surface area contributed by atoms with E-state index in [9.17, 15) is 9.18 Å². The van der Waals surface area contributed by atoms with Crippen molar-refractivity contribution < 1.29 is 18.7 Å². The molecule has 2 rings (SSSR count). The molecule has 0 spiro atoms. The molecule has 0 saturated heterocycles. The predicted molar refractivity (Wildman–Crippen MR) is 108 cm³/mol. The molecule has 0 saturated carbocycles. The summed E-state index contributed by atoms with van der Waals surface area (Å²) >= 11 is 0. The summed E-state index contributed by atoms with van der Waals surface area (Å²) in [5.74, 6) is -1.14. The molecule has 0 atom stereocenters. The Morgan fingerprint density at radius 1 is 1.07 bits per heavy atom. The van der Waals surface area contributed by atoms with Crippen molar-refractivity contribution in [2.45, 2.75) is 78.6 Å². The predicted octanol–water partition coefficient (Wildman–Crippen LogP) is 6.09. The molecule has 0 amide bonds. The fourth-order valence-electron chi connectivity index (χ4n) is 3.68. The lowest BCUT2D eigenvalue weighted by Gasteiger charge is -2.42. The molecule has 1 aliphatic carbocycles. The number of carbonyl (C=O) groups excluding carboxylic acids is 1. The molecule has 0 aliphatic heterocycles. The molecular weight excluding hydrogens is 343 g/mol. The number of fused-ring (bicyclic) bond motifs is 1. The highest BCUT2D eigenvalue weighted by molar-refractivity contribution is 5.95. The van der Waals surface area contributed by atoms with Crippen LogP contribution in [-0.2, 0) is 20.4 Å². The summed E-state index contributed by atoms with van der Waals surface area (Å²) in [6.45, 7) is 14.9. The number of esters is 1. The molecule has 0 unspecified atom stereocenters. The first-order valence-electron chi connectivity index (χ1n) is 9.90. The van der Waals surface area contributed by atoms with Crippen molar-refractivity contribution in [2.24, 2.45) is 0 Å². The molecular formula is C23H33FO3. The molecule has 3 nitrogen and oxygen atoms in total. The Bertz CT molecular complexity index is 744. The first-order chi connectivity index (χ1) is 12.5. The molecule has 0 heterocycles. The van der Waals surface area contributed by atoms with Crippen LogP contribution in [0.4, 0.5) is 4.39 Å². The average Bonchev–Trinajstić information content (AvgIpc) is 2.62. The van der Waals surface area contributed by atoms with Crippen molar-refractivity contribution in [3.05, 3.63) is 34.6 Å². The minimum absolute atomic E-state index is 0.0103.